The fourth-order valence-corrected chi connectivity index (χ4v) is 2.01. The van der Waals surface area contributed by atoms with Crippen molar-refractivity contribution in [2.45, 2.75) is 26.1 Å². The highest BCUT2D eigenvalue weighted by Gasteiger charge is 2.24. The Morgan fingerprint density at radius 2 is 2.25 bits per heavy atom. The molecule has 1 aromatic carbocycles. The highest BCUT2D eigenvalue weighted by molar-refractivity contribution is 5.31. The molecule has 2 unspecified atom stereocenters. The van der Waals surface area contributed by atoms with Crippen LogP contribution in [0.3, 0.4) is 0 Å². The summed E-state index contributed by atoms with van der Waals surface area (Å²) < 4.78 is 19.3. The van der Waals surface area contributed by atoms with E-state index in [2.05, 4.69) is 5.32 Å². The van der Waals surface area contributed by atoms with Crippen molar-refractivity contribution >= 4 is 0 Å². The van der Waals surface area contributed by atoms with Gasteiger partial charge in [0.1, 0.15) is 5.75 Å². The van der Waals surface area contributed by atoms with Crippen LogP contribution in [-0.4, -0.2) is 19.4 Å². The fraction of sp³-hybridized carbons (Fsp3) is 0.538. The number of aryl methyl sites for hydroxylation is 1. The molecule has 2 rings (SSSR count). The van der Waals surface area contributed by atoms with E-state index in [0.717, 1.165) is 24.9 Å². The molecule has 3 heteroatoms. The Labute approximate surface area is 95.8 Å². The molecule has 1 aliphatic rings. The number of benzene rings is 1. The molecule has 1 saturated heterocycles. The lowest BCUT2D eigenvalue weighted by Crippen LogP contribution is -2.37. The minimum absolute atomic E-state index is 0.0200. The van der Waals surface area contributed by atoms with E-state index in [4.69, 9.17) is 4.74 Å². The van der Waals surface area contributed by atoms with Crippen LogP contribution in [0.25, 0.3) is 0 Å². The zero-order valence-electron chi connectivity index (χ0n) is 9.58. The average Bonchev–Trinajstić information content (AvgIpc) is 2.33. The molecule has 1 heterocycles. The molecule has 1 aliphatic heterocycles. The van der Waals surface area contributed by atoms with Crippen LogP contribution in [0.4, 0.5) is 4.39 Å². The van der Waals surface area contributed by atoms with E-state index in [-0.39, 0.29) is 5.92 Å². The largest absolute Gasteiger partial charge is 0.460 e. The first-order valence-electron chi connectivity index (χ1n) is 5.84. The molecular weight excluding hydrogens is 205 g/mol. The molecule has 88 valence electrons. The maximum absolute atomic E-state index is 13.9. The Kier molecular flexibility index (Phi) is 3.78. The van der Waals surface area contributed by atoms with Crippen molar-refractivity contribution in [3.8, 4) is 5.75 Å². The molecule has 0 saturated carbocycles. The zero-order valence-corrected chi connectivity index (χ0v) is 9.58. The standard InChI is InChI=1S/C13H18FNO/c1-10-5-2-3-7-12(10)16-13(14)11-6-4-8-15-9-11/h2-3,5,7,11,13,15H,4,6,8-9H2,1H3. The Balaban J connectivity index is 1.96. The Hall–Kier alpha value is -1.09. The van der Waals surface area contributed by atoms with Gasteiger partial charge in [0.05, 0.1) is 0 Å². The summed E-state index contributed by atoms with van der Waals surface area (Å²) in [5, 5.41) is 3.20. The van der Waals surface area contributed by atoms with Crippen molar-refractivity contribution in [2.75, 3.05) is 13.1 Å². The lowest BCUT2D eigenvalue weighted by Gasteiger charge is -2.26. The van der Waals surface area contributed by atoms with E-state index in [1.54, 1.807) is 0 Å². The summed E-state index contributed by atoms with van der Waals surface area (Å²) in [5.74, 6) is 0.633. The van der Waals surface area contributed by atoms with E-state index in [9.17, 15) is 4.39 Å². The van der Waals surface area contributed by atoms with Gasteiger partial charge in [-0.2, -0.15) is 0 Å². The van der Waals surface area contributed by atoms with Crippen LogP contribution < -0.4 is 10.1 Å². The third kappa shape index (κ3) is 2.73. The van der Waals surface area contributed by atoms with Gasteiger partial charge in [0.2, 0.25) is 6.36 Å². The quantitative estimate of drug-likeness (QED) is 0.850. The molecule has 0 amide bonds. The molecule has 1 aromatic rings. The van der Waals surface area contributed by atoms with Gasteiger partial charge in [-0.15, -0.1) is 0 Å². The van der Waals surface area contributed by atoms with Crippen LogP contribution in [-0.2, 0) is 0 Å². The van der Waals surface area contributed by atoms with Gasteiger partial charge < -0.3 is 10.1 Å². The van der Waals surface area contributed by atoms with E-state index in [1.165, 1.54) is 0 Å². The highest BCUT2D eigenvalue weighted by Crippen LogP contribution is 2.23. The van der Waals surface area contributed by atoms with Gasteiger partial charge in [0.25, 0.3) is 0 Å². The number of halogens is 1. The van der Waals surface area contributed by atoms with Crippen molar-refractivity contribution < 1.29 is 9.13 Å². The molecule has 0 radical (unpaired) electrons. The summed E-state index contributed by atoms with van der Waals surface area (Å²) in [6.45, 7) is 3.64. The van der Waals surface area contributed by atoms with Crippen LogP contribution in [0.15, 0.2) is 24.3 Å². The van der Waals surface area contributed by atoms with Crippen molar-refractivity contribution in [1.82, 2.24) is 5.32 Å². The van der Waals surface area contributed by atoms with Crippen LogP contribution >= 0.6 is 0 Å². The predicted octanol–water partition coefficient (Wildman–Crippen LogP) is 2.67. The maximum atomic E-state index is 13.9. The first-order valence-corrected chi connectivity index (χ1v) is 5.84. The zero-order chi connectivity index (χ0) is 11.4. The topological polar surface area (TPSA) is 21.3 Å². The molecule has 0 spiro atoms. The molecule has 2 atom stereocenters. The summed E-state index contributed by atoms with van der Waals surface area (Å²) in [7, 11) is 0. The normalized spacial score (nSPS) is 22.8. The number of nitrogens with one attached hydrogen (secondary N) is 1. The number of ether oxygens (including phenoxy) is 1. The van der Waals surface area contributed by atoms with Crippen LogP contribution in [0, 0.1) is 12.8 Å². The van der Waals surface area contributed by atoms with E-state index in [0.29, 0.717) is 12.3 Å². The number of alkyl halides is 1. The van der Waals surface area contributed by atoms with Gasteiger partial charge in [-0.3, -0.25) is 0 Å². The molecule has 0 aromatic heterocycles. The molecule has 1 N–H and O–H groups in total. The van der Waals surface area contributed by atoms with Crippen molar-refractivity contribution in [3.05, 3.63) is 29.8 Å². The van der Waals surface area contributed by atoms with Gasteiger partial charge in [-0.1, -0.05) is 18.2 Å². The Bertz CT molecular complexity index is 336. The average molecular weight is 223 g/mol. The smallest absolute Gasteiger partial charge is 0.242 e. The van der Waals surface area contributed by atoms with Crippen LogP contribution in [0.5, 0.6) is 5.75 Å². The fourth-order valence-electron chi connectivity index (χ4n) is 2.01. The number of piperidine rings is 1. The van der Waals surface area contributed by atoms with Gasteiger partial charge >= 0.3 is 0 Å². The van der Waals surface area contributed by atoms with Gasteiger partial charge in [-0.25, -0.2) is 4.39 Å². The molecule has 2 nitrogen and oxygen atoms in total. The first kappa shape index (κ1) is 11.4. The van der Waals surface area contributed by atoms with Gasteiger partial charge in [0.15, 0.2) is 0 Å². The molecule has 1 fully saturated rings. The van der Waals surface area contributed by atoms with E-state index < -0.39 is 6.36 Å². The summed E-state index contributed by atoms with van der Waals surface area (Å²) in [4.78, 5) is 0. The van der Waals surface area contributed by atoms with Crippen LogP contribution in [0.2, 0.25) is 0 Å². The second kappa shape index (κ2) is 5.30. The summed E-state index contributed by atoms with van der Waals surface area (Å²) >= 11 is 0. The lowest BCUT2D eigenvalue weighted by atomic mass is 10.00. The van der Waals surface area contributed by atoms with Gasteiger partial charge in [-0.05, 0) is 37.9 Å². The second-order valence-corrected chi connectivity index (χ2v) is 4.34. The van der Waals surface area contributed by atoms with Crippen LogP contribution in [0.1, 0.15) is 18.4 Å². The van der Waals surface area contributed by atoms with Crippen molar-refractivity contribution in [2.24, 2.45) is 5.92 Å². The highest BCUT2D eigenvalue weighted by atomic mass is 19.1. The van der Waals surface area contributed by atoms with Gasteiger partial charge in [0, 0.05) is 12.5 Å². The minimum atomic E-state index is -1.20. The first-order chi connectivity index (χ1) is 7.77. The summed E-state index contributed by atoms with van der Waals surface area (Å²) in [6, 6.07) is 7.55. The Morgan fingerprint density at radius 1 is 1.44 bits per heavy atom. The van der Waals surface area contributed by atoms with Crippen molar-refractivity contribution in [1.29, 1.82) is 0 Å². The monoisotopic (exact) mass is 223 g/mol. The molecular formula is C13H18FNO. The maximum Gasteiger partial charge on any atom is 0.242 e. The number of rotatable bonds is 3. The second-order valence-electron chi connectivity index (χ2n) is 4.34. The Morgan fingerprint density at radius 3 is 2.94 bits per heavy atom. The summed E-state index contributed by atoms with van der Waals surface area (Å²) in [6.07, 6.45) is 0.733. The lowest BCUT2D eigenvalue weighted by molar-refractivity contribution is 0.00248. The SMILES string of the molecule is Cc1ccccc1OC(F)C1CCCNC1. The number of hydrogen-bond donors (Lipinski definition) is 1. The van der Waals surface area contributed by atoms with Crippen molar-refractivity contribution in [3.63, 3.8) is 0 Å². The third-order valence-corrected chi connectivity index (χ3v) is 3.04. The number of hydrogen-bond acceptors (Lipinski definition) is 2. The molecule has 0 aliphatic carbocycles. The predicted molar refractivity (Wildman–Crippen MR) is 62.3 cm³/mol. The third-order valence-electron chi connectivity index (χ3n) is 3.04. The van der Waals surface area contributed by atoms with E-state index in [1.807, 2.05) is 31.2 Å². The summed E-state index contributed by atoms with van der Waals surface area (Å²) in [5.41, 5.74) is 0.980. The van der Waals surface area contributed by atoms with E-state index >= 15 is 0 Å². The number of para-hydroxylation sites is 1. The molecule has 16 heavy (non-hydrogen) atoms. The molecule has 0 bridgehead atoms. The minimum Gasteiger partial charge on any atom is -0.460 e.